The number of sulfonamides is 1. The number of aromatic nitrogens is 2. The van der Waals surface area contributed by atoms with Crippen LogP contribution in [0.1, 0.15) is 0 Å². The maximum Gasteiger partial charge on any atom is 0.238 e. The van der Waals surface area contributed by atoms with Crippen LogP contribution in [0.25, 0.3) is 28.2 Å². The molecule has 0 atom stereocenters. The van der Waals surface area contributed by atoms with Crippen molar-refractivity contribution < 1.29 is 8.42 Å². The van der Waals surface area contributed by atoms with E-state index in [0.717, 1.165) is 27.0 Å². The molecular weight excluding hydrogens is 474 g/mol. The second-order valence-corrected chi connectivity index (χ2v) is 9.29. The van der Waals surface area contributed by atoms with Gasteiger partial charge in [0.2, 0.25) is 10.0 Å². The minimum absolute atomic E-state index is 0.0505. The highest BCUT2D eigenvalue weighted by Gasteiger charge is 2.14. The van der Waals surface area contributed by atoms with E-state index in [4.69, 9.17) is 21.8 Å². The molecule has 0 bridgehead atoms. The molecule has 0 radical (unpaired) electrons. The van der Waals surface area contributed by atoms with Crippen LogP contribution in [0.15, 0.2) is 88.2 Å². The summed E-state index contributed by atoms with van der Waals surface area (Å²) in [5.41, 5.74) is 4.25. The molecule has 0 aliphatic heterocycles. The van der Waals surface area contributed by atoms with Gasteiger partial charge in [-0.3, -0.25) is 0 Å². The van der Waals surface area contributed by atoms with Gasteiger partial charge < -0.3 is 0 Å². The zero-order valence-electron chi connectivity index (χ0n) is 15.0. The van der Waals surface area contributed by atoms with Gasteiger partial charge in [-0.2, -0.15) is 5.10 Å². The van der Waals surface area contributed by atoms with Gasteiger partial charge in [0.25, 0.3) is 0 Å². The molecule has 1 aromatic heterocycles. The van der Waals surface area contributed by atoms with E-state index < -0.39 is 10.0 Å². The van der Waals surface area contributed by atoms with Crippen LogP contribution in [0, 0.1) is 0 Å². The Kier molecular flexibility index (Phi) is 5.31. The number of rotatable bonds is 4. The topological polar surface area (TPSA) is 78.0 Å². The average Bonchev–Trinajstić information content (AvgIpc) is 3.14. The van der Waals surface area contributed by atoms with E-state index in [1.807, 2.05) is 54.6 Å². The summed E-state index contributed by atoms with van der Waals surface area (Å²) in [4.78, 5) is 0.0505. The molecule has 0 fully saturated rings. The molecule has 3 aromatic carbocycles. The van der Waals surface area contributed by atoms with E-state index >= 15 is 0 Å². The van der Waals surface area contributed by atoms with E-state index in [1.54, 1.807) is 16.8 Å². The van der Waals surface area contributed by atoms with Crippen molar-refractivity contribution in [3.05, 3.63) is 88.4 Å². The van der Waals surface area contributed by atoms with Crippen molar-refractivity contribution in [2.75, 3.05) is 0 Å². The summed E-state index contributed by atoms with van der Waals surface area (Å²) >= 11 is 9.48. The van der Waals surface area contributed by atoms with Gasteiger partial charge in [-0.15, -0.1) is 0 Å². The lowest BCUT2D eigenvalue weighted by Crippen LogP contribution is -2.12. The smallest absolute Gasteiger partial charge is 0.232 e. The molecule has 4 aromatic rings. The molecule has 0 unspecified atom stereocenters. The molecule has 0 saturated heterocycles. The number of hydrogen-bond donors (Lipinski definition) is 1. The van der Waals surface area contributed by atoms with Crippen LogP contribution >= 0.6 is 27.5 Å². The maximum atomic E-state index is 11.6. The van der Waals surface area contributed by atoms with E-state index in [1.165, 1.54) is 12.1 Å². The largest absolute Gasteiger partial charge is 0.238 e. The highest BCUT2D eigenvalue weighted by atomic mass is 79.9. The standard InChI is InChI=1S/C21H15BrClN3O2S/c22-16-5-1-14(2-6-16)20-13-21(15-3-7-17(23)8-4-15)26(25-20)18-9-11-19(12-10-18)29(24,27)28/h1-13H,(H2,24,27,28). The number of benzene rings is 3. The molecule has 146 valence electrons. The Morgan fingerprint density at radius 3 is 2.03 bits per heavy atom. The fraction of sp³-hybridized carbons (Fsp3) is 0. The minimum atomic E-state index is -3.76. The van der Waals surface area contributed by atoms with Crippen LogP contribution in [-0.2, 0) is 10.0 Å². The molecule has 5 nitrogen and oxygen atoms in total. The maximum absolute atomic E-state index is 11.6. The Bertz CT molecular complexity index is 1270. The van der Waals surface area contributed by atoms with Crippen molar-refractivity contribution in [2.45, 2.75) is 4.90 Å². The third-order valence-electron chi connectivity index (χ3n) is 4.40. The van der Waals surface area contributed by atoms with Crippen molar-refractivity contribution in [3.8, 4) is 28.2 Å². The third-order valence-corrected chi connectivity index (χ3v) is 6.11. The predicted molar refractivity (Wildman–Crippen MR) is 119 cm³/mol. The van der Waals surface area contributed by atoms with Gasteiger partial charge in [0.1, 0.15) is 0 Å². The Balaban J connectivity index is 1.86. The Labute approximate surface area is 181 Å². The van der Waals surface area contributed by atoms with Crippen LogP contribution < -0.4 is 5.14 Å². The number of halogens is 2. The lowest BCUT2D eigenvalue weighted by Gasteiger charge is -2.08. The van der Waals surface area contributed by atoms with Gasteiger partial charge in [-0.05, 0) is 54.6 Å². The second kappa shape index (κ2) is 7.76. The van der Waals surface area contributed by atoms with Crippen molar-refractivity contribution in [3.63, 3.8) is 0 Å². The molecular formula is C21H15BrClN3O2S. The molecule has 2 N–H and O–H groups in total. The molecule has 0 saturated carbocycles. The molecule has 4 rings (SSSR count). The normalized spacial score (nSPS) is 11.6. The molecule has 0 amide bonds. The molecule has 29 heavy (non-hydrogen) atoms. The van der Waals surface area contributed by atoms with Crippen molar-refractivity contribution in [1.29, 1.82) is 0 Å². The summed E-state index contributed by atoms with van der Waals surface area (Å²) in [7, 11) is -3.76. The Morgan fingerprint density at radius 1 is 0.862 bits per heavy atom. The summed E-state index contributed by atoms with van der Waals surface area (Å²) in [5.74, 6) is 0. The van der Waals surface area contributed by atoms with Gasteiger partial charge in [0, 0.05) is 20.6 Å². The lowest BCUT2D eigenvalue weighted by molar-refractivity contribution is 0.598. The fourth-order valence-electron chi connectivity index (χ4n) is 2.94. The van der Waals surface area contributed by atoms with Crippen LogP contribution in [0.2, 0.25) is 5.02 Å². The van der Waals surface area contributed by atoms with E-state index in [0.29, 0.717) is 10.7 Å². The molecule has 0 spiro atoms. The van der Waals surface area contributed by atoms with Crippen molar-refractivity contribution in [2.24, 2.45) is 5.14 Å². The number of nitrogens with zero attached hydrogens (tertiary/aromatic N) is 2. The van der Waals surface area contributed by atoms with Crippen LogP contribution in [0.5, 0.6) is 0 Å². The summed E-state index contributed by atoms with van der Waals surface area (Å²) < 4.78 is 25.9. The zero-order valence-corrected chi connectivity index (χ0v) is 18.1. The first kappa shape index (κ1) is 19.8. The Morgan fingerprint density at radius 2 is 1.45 bits per heavy atom. The van der Waals surface area contributed by atoms with Gasteiger partial charge in [-0.1, -0.05) is 51.8 Å². The molecule has 1 heterocycles. The van der Waals surface area contributed by atoms with Gasteiger partial charge >= 0.3 is 0 Å². The van der Waals surface area contributed by atoms with Gasteiger partial charge in [-0.25, -0.2) is 18.2 Å². The van der Waals surface area contributed by atoms with Crippen LogP contribution in [0.4, 0.5) is 0 Å². The Hall–Kier alpha value is -2.45. The van der Waals surface area contributed by atoms with Crippen molar-refractivity contribution in [1.82, 2.24) is 9.78 Å². The van der Waals surface area contributed by atoms with Gasteiger partial charge in [0.15, 0.2) is 0 Å². The molecule has 0 aliphatic rings. The highest BCUT2D eigenvalue weighted by Crippen LogP contribution is 2.30. The van der Waals surface area contributed by atoms with Gasteiger partial charge in [0.05, 0.1) is 22.0 Å². The van der Waals surface area contributed by atoms with E-state index in [9.17, 15) is 8.42 Å². The first-order valence-corrected chi connectivity index (χ1v) is 11.3. The number of hydrogen-bond acceptors (Lipinski definition) is 3. The number of nitrogens with two attached hydrogens (primary N) is 1. The third kappa shape index (κ3) is 4.28. The van der Waals surface area contributed by atoms with E-state index in [-0.39, 0.29) is 4.90 Å². The van der Waals surface area contributed by atoms with Crippen molar-refractivity contribution >= 4 is 37.6 Å². The summed E-state index contributed by atoms with van der Waals surface area (Å²) in [6.45, 7) is 0. The fourth-order valence-corrected chi connectivity index (χ4v) is 3.85. The predicted octanol–water partition coefficient (Wildman–Crippen LogP) is 5.27. The lowest BCUT2D eigenvalue weighted by atomic mass is 10.1. The number of primary sulfonamides is 1. The first-order valence-electron chi connectivity index (χ1n) is 8.56. The second-order valence-electron chi connectivity index (χ2n) is 6.38. The quantitative estimate of drug-likeness (QED) is 0.425. The summed E-state index contributed by atoms with van der Waals surface area (Å²) in [5, 5.41) is 10.6. The van der Waals surface area contributed by atoms with Crippen LogP contribution in [-0.4, -0.2) is 18.2 Å². The molecule has 8 heteroatoms. The minimum Gasteiger partial charge on any atom is -0.232 e. The summed E-state index contributed by atoms with van der Waals surface area (Å²) in [6, 6.07) is 23.6. The SMILES string of the molecule is NS(=O)(=O)c1ccc(-n2nc(-c3ccc(Br)cc3)cc2-c2ccc(Cl)cc2)cc1. The van der Waals surface area contributed by atoms with Crippen LogP contribution in [0.3, 0.4) is 0 Å². The monoisotopic (exact) mass is 487 g/mol. The average molecular weight is 489 g/mol. The molecule has 0 aliphatic carbocycles. The van der Waals surface area contributed by atoms with E-state index in [2.05, 4.69) is 15.9 Å². The summed E-state index contributed by atoms with van der Waals surface area (Å²) in [6.07, 6.45) is 0. The zero-order chi connectivity index (χ0) is 20.6. The highest BCUT2D eigenvalue weighted by molar-refractivity contribution is 9.10. The first-order chi connectivity index (χ1) is 13.8.